The first-order valence-electron chi connectivity index (χ1n) is 8.26. The lowest BCUT2D eigenvalue weighted by molar-refractivity contribution is -0.137. The molecule has 0 N–H and O–H groups in total. The molecule has 2 nitrogen and oxygen atoms in total. The Morgan fingerprint density at radius 3 is 1.92 bits per heavy atom. The van der Waals surface area contributed by atoms with Gasteiger partial charge < -0.3 is 4.43 Å². The van der Waals surface area contributed by atoms with Gasteiger partial charge in [-0.05, 0) is 34.3 Å². The molecule has 1 aromatic carbocycles. The quantitative estimate of drug-likeness (QED) is 0.427. The summed E-state index contributed by atoms with van der Waals surface area (Å²) in [6.45, 7) is 12.7. The smallest absolute Gasteiger partial charge is 0.412 e. The molecule has 136 valence electrons. The summed E-state index contributed by atoms with van der Waals surface area (Å²) in [5.74, 6) is 0. The zero-order valence-electron chi connectivity index (χ0n) is 15.2. The van der Waals surface area contributed by atoms with E-state index in [1.54, 1.807) is 0 Å². The second kappa shape index (κ2) is 7.83. The van der Waals surface area contributed by atoms with Crippen LogP contribution in [0.3, 0.4) is 0 Å². The van der Waals surface area contributed by atoms with Gasteiger partial charge in [-0.15, -0.1) is 0 Å². The molecular formula is C18H27F3O2Si. The Morgan fingerprint density at radius 2 is 1.54 bits per heavy atom. The Bertz CT molecular complexity index is 544. The van der Waals surface area contributed by atoms with Crippen LogP contribution in [0.25, 0.3) is 0 Å². The van der Waals surface area contributed by atoms with Gasteiger partial charge in [0, 0.05) is 5.56 Å². The van der Waals surface area contributed by atoms with E-state index >= 15 is 0 Å². The van der Waals surface area contributed by atoms with Crippen LogP contribution < -0.4 is 0 Å². The van der Waals surface area contributed by atoms with Gasteiger partial charge in [0.25, 0.3) is 0 Å². The average molecular weight is 360 g/mol. The second-order valence-corrected chi connectivity index (χ2v) is 12.6. The predicted molar refractivity (Wildman–Crippen MR) is 92.7 cm³/mol. The largest absolute Gasteiger partial charge is 0.416 e. The SMILES string of the molecule is CC(C)[Si](OCc1cc(C(F)(F)F)ccc1C=O)(C(C)C)C(C)C. The lowest BCUT2D eigenvalue weighted by Crippen LogP contribution is -2.47. The fraction of sp³-hybridized carbons (Fsp3) is 0.611. The molecule has 0 aromatic heterocycles. The average Bonchev–Trinajstić information content (AvgIpc) is 2.45. The fourth-order valence-corrected chi connectivity index (χ4v) is 9.13. The number of halogens is 3. The molecule has 6 heteroatoms. The van der Waals surface area contributed by atoms with Crippen molar-refractivity contribution in [3.05, 3.63) is 34.9 Å². The Balaban J connectivity index is 3.21. The van der Waals surface area contributed by atoms with Crippen molar-refractivity contribution >= 4 is 14.6 Å². The van der Waals surface area contributed by atoms with Crippen LogP contribution in [0.5, 0.6) is 0 Å². The molecule has 0 bridgehead atoms. The molecular weight excluding hydrogens is 333 g/mol. The monoisotopic (exact) mass is 360 g/mol. The highest BCUT2D eigenvalue weighted by Crippen LogP contribution is 2.43. The molecule has 0 saturated carbocycles. The van der Waals surface area contributed by atoms with Crippen LogP contribution in [0.2, 0.25) is 16.6 Å². The standard InChI is InChI=1S/C18H27F3O2Si/c1-12(2)24(13(3)4,14(5)6)23-11-16-9-17(18(19,20)21)8-7-15(16)10-22/h7-10,12-14H,11H2,1-6H3. The summed E-state index contributed by atoms with van der Waals surface area (Å²) < 4.78 is 45.1. The number of benzene rings is 1. The minimum atomic E-state index is -4.43. The van der Waals surface area contributed by atoms with Crippen molar-refractivity contribution in [1.29, 1.82) is 0 Å². The summed E-state index contributed by atoms with van der Waals surface area (Å²) in [4.78, 5) is 11.2. The minimum Gasteiger partial charge on any atom is -0.412 e. The molecule has 0 saturated heterocycles. The van der Waals surface area contributed by atoms with Crippen LogP contribution >= 0.6 is 0 Å². The Kier molecular flexibility index (Phi) is 6.81. The first-order valence-corrected chi connectivity index (χ1v) is 10.4. The molecule has 0 aliphatic heterocycles. The second-order valence-electron chi connectivity index (χ2n) is 7.14. The van der Waals surface area contributed by atoms with Crippen molar-refractivity contribution in [1.82, 2.24) is 0 Å². The molecule has 0 aliphatic rings. The number of aldehydes is 1. The van der Waals surface area contributed by atoms with Crippen LogP contribution in [-0.4, -0.2) is 14.6 Å². The molecule has 0 atom stereocenters. The van der Waals surface area contributed by atoms with Gasteiger partial charge in [-0.2, -0.15) is 13.2 Å². The van der Waals surface area contributed by atoms with Crippen LogP contribution in [0.15, 0.2) is 18.2 Å². The van der Waals surface area contributed by atoms with E-state index in [0.717, 1.165) is 12.1 Å². The van der Waals surface area contributed by atoms with Crippen molar-refractivity contribution in [2.24, 2.45) is 0 Å². The highest BCUT2D eigenvalue weighted by molar-refractivity contribution is 6.77. The zero-order chi connectivity index (χ0) is 18.7. The summed E-state index contributed by atoms with van der Waals surface area (Å²) in [5, 5.41) is 0. The van der Waals surface area contributed by atoms with Gasteiger partial charge in [-0.1, -0.05) is 47.6 Å². The van der Waals surface area contributed by atoms with Gasteiger partial charge in [0.1, 0.15) is 6.29 Å². The first kappa shape index (κ1) is 20.9. The van der Waals surface area contributed by atoms with Crippen LogP contribution in [0.4, 0.5) is 13.2 Å². The molecule has 0 amide bonds. The fourth-order valence-electron chi connectivity index (χ4n) is 3.72. The lowest BCUT2D eigenvalue weighted by Gasteiger charge is -2.42. The number of hydrogen-bond acceptors (Lipinski definition) is 2. The molecule has 1 aromatic rings. The van der Waals surface area contributed by atoms with E-state index in [2.05, 4.69) is 41.5 Å². The number of carbonyl (C=O) groups excluding carboxylic acids is 1. The van der Waals surface area contributed by atoms with E-state index in [1.165, 1.54) is 6.07 Å². The maximum Gasteiger partial charge on any atom is 0.416 e. The number of hydrogen-bond donors (Lipinski definition) is 0. The first-order chi connectivity index (χ1) is 11.0. The van der Waals surface area contributed by atoms with Crippen molar-refractivity contribution in [3.8, 4) is 0 Å². The molecule has 0 unspecified atom stereocenters. The van der Waals surface area contributed by atoms with E-state index in [9.17, 15) is 18.0 Å². The van der Waals surface area contributed by atoms with Gasteiger partial charge in [0.15, 0.2) is 0 Å². The van der Waals surface area contributed by atoms with Crippen molar-refractivity contribution in [2.45, 2.75) is 70.9 Å². The Hall–Kier alpha value is -1.14. The number of rotatable bonds is 7. The summed E-state index contributed by atoms with van der Waals surface area (Å²) in [7, 11) is -2.21. The van der Waals surface area contributed by atoms with Gasteiger partial charge in [0.05, 0.1) is 12.2 Å². The lowest BCUT2D eigenvalue weighted by atomic mass is 10.1. The maximum absolute atomic E-state index is 12.9. The molecule has 0 radical (unpaired) electrons. The summed E-state index contributed by atoms with van der Waals surface area (Å²) in [5.41, 5.74) is 0.771. The minimum absolute atomic E-state index is 0.0404. The van der Waals surface area contributed by atoms with Gasteiger partial charge in [0.2, 0.25) is 8.32 Å². The van der Waals surface area contributed by atoms with Gasteiger partial charge in [-0.25, -0.2) is 0 Å². The van der Waals surface area contributed by atoms with Crippen LogP contribution in [0.1, 0.15) is 63.0 Å². The summed E-state index contributed by atoms with van der Waals surface area (Å²) in [6.07, 6.45) is -3.85. The third-order valence-corrected chi connectivity index (χ3v) is 10.8. The van der Waals surface area contributed by atoms with Crippen molar-refractivity contribution in [2.75, 3.05) is 0 Å². The molecule has 1 rings (SSSR count). The third-order valence-electron chi connectivity index (χ3n) is 4.78. The topological polar surface area (TPSA) is 26.3 Å². The summed E-state index contributed by atoms with van der Waals surface area (Å²) in [6, 6.07) is 3.19. The zero-order valence-corrected chi connectivity index (χ0v) is 16.2. The van der Waals surface area contributed by atoms with Crippen LogP contribution in [-0.2, 0) is 17.2 Å². The van der Waals surface area contributed by atoms with E-state index < -0.39 is 20.1 Å². The van der Waals surface area contributed by atoms with E-state index in [4.69, 9.17) is 4.43 Å². The molecule has 0 heterocycles. The summed E-state index contributed by atoms with van der Waals surface area (Å²) >= 11 is 0. The van der Waals surface area contributed by atoms with Crippen LogP contribution in [0, 0.1) is 0 Å². The maximum atomic E-state index is 12.9. The Labute approximate surface area is 143 Å². The van der Waals surface area contributed by atoms with E-state index in [-0.39, 0.29) is 12.2 Å². The number of carbonyl (C=O) groups is 1. The highest BCUT2D eigenvalue weighted by atomic mass is 28.4. The van der Waals surface area contributed by atoms with Gasteiger partial charge >= 0.3 is 6.18 Å². The predicted octanol–water partition coefficient (Wildman–Crippen LogP) is 6.21. The molecule has 0 spiro atoms. The molecule has 0 fully saturated rings. The third kappa shape index (κ3) is 4.28. The molecule has 0 aliphatic carbocycles. The normalized spacial score (nSPS) is 13.2. The highest BCUT2D eigenvalue weighted by Gasteiger charge is 2.45. The van der Waals surface area contributed by atoms with E-state index in [1.807, 2.05) is 0 Å². The van der Waals surface area contributed by atoms with Crippen molar-refractivity contribution < 1.29 is 22.4 Å². The number of alkyl halides is 3. The van der Waals surface area contributed by atoms with Gasteiger partial charge in [-0.3, -0.25) is 4.79 Å². The Morgan fingerprint density at radius 1 is 1.04 bits per heavy atom. The molecule has 24 heavy (non-hydrogen) atoms. The van der Waals surface area contributed by atoms with E-state index in [0.29, 0.717) is 28.5 Å². The van der Waals surface area contributed by atoms with Crippen molar-refractivity contribution in [3.63, 3.8) is 0 Å².